The van der Waals surface area contributed by atoms with Crippen LogP contribution in [0.2, 0.25) is 0 Å². The number of ether oxygens (including phenoxy) is 3. The molecule has 0 aliphatic heterocycles. The smallest absolute Gasteiger partial charge is 0.145 e. The van der Waals surface area contributed by atoms with Gasteiger partial charge >= 0.3 is 0 Å². The predicted octanol–water partition coefficient (Wildman–Crippen LogP) is 1.30. The quantitative estimate of drug-likeness (QED) is 0.468. The predicted molar refractivity (Wildman–Crippen MR) is 59.6 cm³/mol. The zero-order valence-electron chi connectivity index (χ0n) is 9.13. The molecular formula is C12H16O4. The van der Waals surface area contributed by atoms with Crippen LogP contribution < -0.4 is 4.74 Å². The number of carbonyl (C=O) groups excluding carboxylic acids is 1. The van der Waals surface area contributed by atoms with Crippen molar-refractivity contribution in [2.75, 3.05) is 33.0 Å². The fourth-order valence-corrected chi connectivity index (χ4v) is 1.09. The average molecular weight is 224 g/mol. The Kier molecular flexibility index (Phi) is 7.04. The molecule has 16 heavy (non-hydrogen) atoms. The van der Waals surface area contributed by atoms with E-state index in [1.54, 1.807) is 0 Å². The van der Waals surface area contributed by atoms with E-state index in [9.17, 15) is 4.79 Å². The maximum atomic E-state index is 9.91. The third-order valence-electron chi connectivity index (χ3n) is 1.80. The van der Waals surface area contributed by atoms with Crippen molar-refractivity contribution >= 4 is 6.29 Å². The lowest BCUT2D eigenvalue weighted by Crippen LogP contribution is -2.11. The maximum absolute atomic E-state index is 9.91. The molecule has 0 aliphatic carbocycles. The van der Waals surface area contributed by atoms with Gasteiger partial charge in [-0.15, -0.1) is 0 Å². The van der Waals surface area contributed by atoms with Crippen molar-refractivity contribution in [3.05, 3.63) is 30.3 Å². The molecule has 0 atom stereocenters. The summed E-state index contributed by atoms with van der Waals surface area (Å²) in [5, 5.41) is 0. The topological polar surface area (TPSA) is 44.8 Å². The first-order valence-electron chi connectivity index (χ1n) is 5.20. The van der Waals surface area contributed by atoms with Crippen molar-refractivity contribution in [2.45, 2.75) is 0 Å². The van der Waals surface area contributed by atoms with Gasteiger partial charge in [-0.3, -0.25) is 0 Å². The lowest BCUT2D eigenvalue weighted by Gasteiger charge is -2.06. The summed E-state index contributed by atoms with van der Waals surface area (Å²) in [4.78, 5) is 9.91. The van der Waals surface area contributed by atoms with E-state index in [0.717, 1.165) is 12.0 Å². The van der Waals surface area contributed by atoms with Crippen molar-refractivity contribution in [2.24, 2.45) is 0 Å². The Balaban J connectivity index is 1.90. The van der Waals surface area contributed by atoms with E-state index in [1.165, 1.54) is 0 Å². The van der Waals surface area contributed by atoms with Gasteiger partial charge in [0.05, 0.1) is 19.8 Å². The number of benzene rings is 1. The monoisotopic (exact) mass is 224 g/mol. The second-order valence-corrected chi connectivity index (χ2v) is 3.02. The third-order valence-corrected chi connectivity index (χ3v) is 1.80. The molecule has 4 nitrogen and oxygen atoms in total. The minimum atomic E-state index is 0.129. The lowest BCUT2D eigenvalue weighted by molar-refractivity contribution is -0.112. The zero-order valence-corrected chi connectivity index (χ0v) is 9.13. The molecule has 0 N–H and O–H groups in total. The summed E-state index contributed by atoms with van der Waals surface area (Å²) < 4.78 is 15.6. The van der Waals surface area contributed by atoms with Gasteiger partial charge in [0.1, 0.15) is 25.2 Å². The molecule has 1 aromatic carbocycles. The molecule has 0 saturated heterocycles. The van der Waals surface area contributed by atoms with Crippen LogP contribution in [0.1, 0.15) is 0 Å². The summed E-state index contributed by atoms with van der Waals surface area (Å²) in [6.45, 7) is 2.07. The second-order valence-electron chi connectivity index (χ2n) is 3.02. The van der Waals surface area contributed by atoms with Crippen molar-refractivity contribution in [3.63, 3.8) is 0 Å². The highest BCUT2D eigenvalue weighted by atomic mass is 16.5. The van der Waals surface area contributed by atoms with Crippen LogP contribution >= 0.6 is 0 Å². The normalized spacial score (nSPS) is 10.0. The zero-order chi connectivity index (χ0) is 11.5. The number of para-hydroxylation sites is 1. The van der Waals surface area contributed by atoms with E-state index in [0.29, 0.717) is 26.4 Å². The summed E-state index contributed by atoms with van der Waals surface area (Å²) >= 11 is 0. The Morgan fingerprint density at radius 3 is 2.38 bits per heavy atom. The van der Waals surface area contributed by atoms with E-state index in [-0.39, 0.29) is 6.61 Å². The Morgan fingerprint density at radius 2 is 1.62 bits per heavy atom. The molecule has 0 bridgehead atoms. The molecule has 0 saturated carbocycles. The van der Waals surface area contributed by atoms with Gasteiger partial charge in [-0.2, -0.15) is 0 Å². The van der Waals surface area contributed by atoms with Crippen LogP contribution in [0.3, 0.4) is 0 Å². The largest absolute Gasteiger partial charge is 0.491 e. The van der Waals surface area contributed by atoms with Gasteiger partial charge in [-0.1, -0.05) is 18.2 Å². The molecule has 0 radical (unpaired) electrons. The van der Waals surface area contributed by atoms with Gasteiger partial charge in [0, 0.05) is 0 Å². The Hall–Kier alpha value is -1.39. The number of hydrogen-bond acceptors (Lipinski definition) is 4. The fourth-order valence-electron chi connectivity index (χ4n) is 1.09. The van der Waals surface area contributed by atoms with Gasteiger partial charge in [0.15, 0.2) is 0 Å². The molecule has 0 spiro atoms. The first kappa shape index (κ1) is 12.7. The van der Waals surface area contributed by atoms with Crippen molar-refractivity contribution in [1.82, 2.24) is 0 Å². The van der Waals surface area contributed by atoms with Gasteiger partial charge in [0.25, 0.3) is 0 Å². The van der Waals surface area contributed by atoms with Gasteiger partial charge in [-0.05, 0) is 12.1 Å². The highest BCUT2D eigenvalue weighted by Gasteiger charge is 1.92. The van der Waals surface area contributed by atoms with E-state index < -0.39 is 0 Å². The van der Waals surface area contributed by atoms with Gasteiger partial charge in [0.2, 0.25) is 0 Å². The molecule has 0 fully saturated rings. The molecule has 0 aliphatic rings. The molecule has 0 heterocycles. The van der Waals surface area contributed by atoms with Crippen LogP contribution in [0.15, 0.2) is 30.3 Å². The van der Waals surface area contributed by atoms with Crippen LogP contribution in [0.4, 0.5) is 0 Å². The fraction of sp³-hybridized carbons (Fsp3) is 0.417. The molecular weight excluding hydrogens is 208 g/mol. The number of aldehydes is 1. The Morgan fingerprint density at radius 1 is 0.938 bits per heavy atom. The number of carbonyl (C=O) groups is 1. The highest BCUT2D eigenvalue weighted by Crippen LogP contribution is 2.07. The lowest BCUT2D eigenvalue weighted by atomic mass is 10.3. The van der Waals surface area contributed by atoms with Crippen LogP contribution in [-0.2, 0) is 14.3 Å². The second kappa shape index (κ2) is 8.88. The summed E-state index contributed by atoms with van der Waals surface area (Å²) in [7, 11) is 0. The van der Waals surface area contributed by atoms with E-state index in [1.807, 2.05) is 30.3 Å². The van der Waals surface area contributed by atoms with Crippen molar-refractivity contribution in [1.29, 1.82) is 0 Å². The van der Waals surface area contributed by atoms with Crippen LogP contribution in [-0.4, -0.2) is 39.3 Å². The summed E-state index contributed by atoms with van der Waals surface area (Å²) in [6.07, 6.45) is 0.721. The Labute approximate surface area is 95.1 Å². The van der Waals surface area contributed by atoms with E-state index in [2.05, 4.69) is 0 Å². The molecule has 1 aromatic rings. The number of rotatable bonds is 9. The third kappa shape index (κ3) is 6.16. The standard InChI is InChI=1S/C12H16O4/c13-6-7-14-8-9-15-10-11-16-12-4-2-1-3-5-12/h1-6H,7-11H2. The molecule has 4 heteroatoms. The average Bonchev–Trinajstić information content (AvgIpc) is 2.34. The summed E-state index contributed by atoms with van der Waals surface area (Å²) in [5.74, 6) is 0.836. The first-order chi connectivity index (χ1) is 7.93. The van der Waals surface area contributed by atoms with E-state index in [4.69, 9.17) is 14.2 Å². The summed E-state index contributed by atoms with van der Waals surface area (Å²) in [5.41, 5.74) is 0. The molecule has 0 aromatic heterocycles. The minimum absolute atomic E-state index is 0.129. The minimum Gasteiger partial charge on any atom is -0.491 e. The molecule has 1 rings (SSSR count). The van der Waals surface area contributed by atoms with Gasteiger partial charge in [-0.25, -0.2) is 0 Å². The number of hydrogen-bond donors (Lipinski definition) is 0. The van der Waals surface area contributed by atoms with Crippen LogP contribution in [0, 0.1) is 0 Å². The molecule has 88 valence electrons. The van der Waals surface area contributed by atoms with Crippen LogP contribution in [0.25, 0.3) is 0 Å². The molecule has 0 amide bonds. The van der Waals surface area contributed by atoms with Gasteiger partial charge < -0.3 is 19.0 Å². The summed E-state index contributed by atoms with van der Waals surface area (Å²) in [6, 6.07) is 9.57. The molecule has 0 unspecified atom stereocenters. The van der Waals surface area contributed by atoms with Crippen LogP contribution in [0.5, 0.6) is 5.75 Å². The maximum Gasteiger partial charge on any atom is 0.145 e. The van der Waals surface area contributed by atoms with Crippen molar-refractivity contribution < 1.29 is 19.0 Å². The highest BCUT2D eigenvalue weighted by molar-refractivity contribution is 5.50. The Bertz CT molecular complexity index is 274. The first-order valence-corrected chi connectivity index (χ1v) is 5.20. The van der Waals surface area contributed by atoms with Crippen molar-refractivity contribution in [3.8, 4) is 5.75 Å². The SMILES string of the molecule is O=CCOCCOCCOc1ccccc1. The van der Waals surface area contributed by atoms with E-state index >= 15 is 0 Å².